The fraction of sp³-hybridized carbons (Fsp3) is 0.286. The van der Waals surface area contributed by atoms with Crippen LogP contribution in [0.2, 0.25) is 0 Å². The molecule has 5 nitrogen and oxygen atoms in total. The van der Waals surface area contributed by atoms with Crippen molar-refractivity contribution in [1.29, 1.82) is 0 Å². The van der Waals surface area contributed by atoms with Gasteiger partial charge in [0.25, 0.3) is 5.91 Å². The van der Waals surface area contributed by atoms with E-state index in [0.29, 0.717) is 16.9 Å². The number of aliphatic hydroxyl groups excluding tert-OH is 1. The van der Waals surface area contributed by atoms with Crippen LogP contribution in [0.25, 0.3) is 0 Å². The third-order valence-electron chi connectivity index (χ3n) is 2.91. The van der Waals surface area contributed by atoms with Gasteiger partial charge >= 0.3 is 0 Å². The molecule has 1 amide bonds. The highest BCUT2D eigenvalue weighted by atomic mass is 16.3. The molecule has 0 aliphatic carbocycles. The first-order valence-electron chi connectivity index (χ1n) is 6.07. The topological polar surface area (TPSA) is 67.2 Å². The SMILES string of the molecule is Cc1nn(C)cc1C(=O)Nc1ccc(C(C)O)cc1. The van der Waals surface area contributed by atoms with Crippen LogP contribution in [-0.2, 0) is 7.05 Å². The number of aliphatic hydroxyl groups is 1. The van der Waals surface area contributed by atoms with Crippen LogP contribution in [0.5, 0.6) is 0 Å². The Morgan fingerprint density at radius 3 is 2.47 bits per heavy atom. The minimum absolute atomic E-state index is 0.185. The average Bonchev–Trinajstić information content (AvgIpc) is 2.69. The van der Waals surface area contributed by atoms with Crippen LogP contribution in [0.1, 0.15) is 34.6 Å². The van der Waals surface area contributed by atoms with Gasteiger partial charge in [-0.3, -0.25) is 9.48 Å². The molecule has 1 unspecified atom stereocenters. The summed E-state index contributed by atoms with van der Waals surface area (Å²) >= 11 is 0. The van der Waals surface area contributed by atoms with Crippen molar-refractivity contribution in [3.8, 4) is 0 Å². The summed E-state index contributed by atoms with van der Waals surface area (Å²) in [6.45, 7) is 3.50. The molecule has 19 heavy (non-hydrogen) atoms. The molecule has 2 N–H and O–H groups in total. The van der Waals surface area contributed by atoms with Gasteiger partial charge in [-0.15, -0.1) is 0 Å². The second-order valence-corrected chi connectivity index (χ2v) is 4.55. The van der Waals surface area contributed by atoms with E-state index in [1.807, 2.05) is 0 Å². The van der Waals surface area contributed by atoms with E-state index in [4.69, 9.17) is 0 Å². The Kier molecular flexibility index (Phi) is 3.66. The lowest BCUT2D eigenvalue weighted by atomic mass is 10.1. The summed E-state index contributed by atoms with van der Waals surface area (Å²) in [5, 5.41) is 16.4. The van der Waals surface area contributed by atoms with E-state index in [1.165, 1.54) is 0 Å². The van der Waals surface area contributed by atoms with Gasteiger partial charge < -0.3 is 10.4 Å². The predicted molar refractivity (Wildman–Crippen MR) is 73.0 cm³/mol. The Hall–Kier alpha value is -2.14. The first-order valence-corrected chi connectivity index (χ1v) is 6.07. The van der Waals surface area contributed by atoms with Gasteiger partial charge in [-0.1, -0.05) is 12.1 Å². The molecule has 1 heterocycles. The Morgan fingerprint density at radius 1 is 1.37 bits per heavy atom. The van der Waals surface area contributed by atoms with E-state index < -0.39 is 6.10 Å². The van der Waals surface area contributed by atoms with Crippen molar-refractivity contribution >= 4 is 11.6 Å². The molecule has 1 aromatic heterocycles. The molecule has 2 rings (SSSR count). The number of hydrogen-bond acceptors (Lipinski definition) is 3. The lowest BCUT2D eigenvalue weighted by molar-refractivity contribution is 0.102. The molecule has 100 valence electrons. The van der Waals surface area contributed by atoms with Crippen molar-refractivity contribution in [2.75, 3.05) is 5.32 Å². The molecular weight excluding hydrogens is 242 g/mol. The van der Waals surface area contributed by atoms with E-state index in [-0.39, 0.29) is 5.91 Å². The highest BCUT2D eigenvalue weighted by Gasteiger charge is 2.12. The van der Waals surface area contributed by atoms with Crippen molar-refractivity contribution in [3.05, 3.63) is 47.3 Å². The highest BCUT2D eigenvalue weighted by molar-refractivity contribution is 6.04. The average molecular weight is 259 g/mol. The molecule has 1 aromatic carbocycles. The summed E-state index contributed by atoms with van der Waals surface area (Å²) in [7, 11) is 1.78. The van der Waals surface area contributed by atoms with E-state index in [0.717, 1.165) is 5.56 Å². The van der Waals surface area contributed by atoms with Gasteiger partial charge in [0.1, 0.15) is 0 Å². The summed E-state index contributed by atoms with van der Waals surface area (Å²) in [6, 6.07) is 7.12. The number of nitrogens with zero attached hydrogens (tertiary/aromatic N) is 2. The summed E-state index contributed by atoms with van der Waals surface area (Å²) in [5.41, 5.74) is 2.76. The van der Waals surface area contributed by atoms with Gasteiger partial charge in [0.2, 0.25) is 0 Å². The van der Waals surface area contributed by atoms with Crippen molar-refractivity contribution in [2.45, 2.75) is 20.0 Å². The Labute approximate surface area is 111 Å². The van der Waals surface area contributed by atoms with Crippen LogP contribution in [0, 0.1) is 6.92 Å². The molecule has 0 aliphatic heterocycles. The summed E-state index contributed by atoms with van der Waals surface area (Å²) < 4.78 is 1.61. The molecule has 2 aromatic rings. The number of nitrogens with one attached hydrogen (secondary N) is 1. The van der Waals surface area contributed by atoms with Gasteiger partial charge in [0, 0.05) is 18.9 Å². The number of amides is 1. The fourth-order valence-electron chi connectivity index (χ4n) is 1.87. The molecule has 5 heteroatoms. The quantitative estimate of drug-likeness (QED) is 0.886. The number of aromatic nitrogens is 2. The number of carbonyl (C=O) groups is 1. The van der Waals surface area contributed by atoms with Crippen molar-refractivity contribution in [1.82, 2.24) is 9.78 Å². The van der Waals surface area contributed by atoms with E-state index in [1.54, 1.807) is 56.0 Å². The number of anilines is 1. The Bertz CT molecular complexity index is 585. The number of carbonyl (C=O) groups excluding carboxylic acids is 1. The van der Waals surface area contributed by atoms with E-state index >= 15 is 0 Å². The van der Waals surface area contributed by atoms with Crippen LogP contribution >= 0.6 is 0 Å². The van der Waals surface area contributed by atoms with Crippen LogP contribution in [0.3, 0.4) is 0 Å². The second kappa shape index (κ2) is 5.24. The molecular formula is C14H17N3O2. The summed E-state index contributed by atoms with van der Waals surface area (Å²) in [5.74, 6) is -0.185. The molecule has 0 saturated heterocycles. The van der Waals surface area contributed by atoms with E-state index in [9.17, 15) is 9.90 Å². The summed E-state index contributed by atoms with van der Waals surface area (Å²) in [4.78, 5) is 12.1. The monoisotopic (exact) mass is 259 g/mol. The lowest BCUT2D eigenvalue weighted by Gasteiger charge is -2.07. The maximum absolute atomic E-state index is 12.1. The normalized spacial score (nSPS) is 12.2. The van der Waals surface area contributed by atoms with Crippen LogP contribution < -0.4 is 5.32 Å². The zero-order chi connectivity index (χ0) is 14.0. The van der Waals surface area contributed by atoms with Crippen LogP contribution in [0.4, 0.5) is 5.69 Å². The maximum atomic E-state index is 12.1. The lowest BCUT2D eigenvalue weighted by Crippen LogP contribution is -2.12. The maximum Gasteiger partial charge on any atom is 0.259 e. The third kappa shape index (κ3) is 3.00. The number of hydrogen-bond donors (Lipinski definition) is 2. The van der Waals surface area contributed by atoms with Gasteiger partial charge in [0.05, 0.1) is 17.4 Å². The van der Waals surface area contributed by atoms with Gasteiger partial charge in [0.15, 0.2) is 0 Å². The first-order chi connectivity index (χ1) is 8.97. The molecule has 0 aliphatic rings. The molecule has 0 bridgehead atoms. The first kappa shape index (κ1) is 13.3. The standard InChI is InChI=1S/C14H17N3O2/c1-9-13(8-17(3)16-9)14(19)15-12-6-4-11(5-7-12)10(2)18/h4-8,10,18H,1-3H3,(H,15,19). The third-order valence-corrected chi connectivity index (χ3v) is 2.91. The second-order valence-electron chi connectivity index (χ2n) is 4.55. The van der Waals surface area contributed by atoms with Gasteiger partial charge in [-0.25, -0.2) is 0 Å². The number of benzene rings is 1. The molecule has 1 atom stereocenters. The Morgan fingerprint density at radius 2 is 2.00 bits per heavy atom. The van der Waals surface area contributed by atoms with Crippen LogP contribution in [-0.4, -0.2) is 20.8 Å². The van der Waals surface area contributed by atoms with Crippen molar-refractivity contribution in [2.24, 2.45) is 7.05 Å². The van der Waals surface area contributed by atoms with E-state index in [2.05, 4.69) is 10.4 Å². The molecule has 0 fully saturated rings. The van der Waals surface area contributed by atoms with Crippen LogP contribution in [0.15, 0.2) is 30.5 Å². The minimum Gasteiger partial charge on any atom is -0.389 e. The molecule has 0 spiro atoms. The minimum atomic E-state index is -0.509. The molecule has 0 radical (unpaired) electrons. The predicted octanol–water partition coefficient (Wildman–Crippen LogP) is 2.03. The van der Waals surface area contributed by atoms with Crippen molar-refractivity contribution in [3.63, 3.8) is 0 Å². The summed E-state index contributed by atoms with van der Waals surface area (Å²) in [6.07, 6.45) is 1.18. The van der Waals surface area contributed by atoms with Gasteiger partial charge in [-0.2, -0.15) is 5.10 Å². The number of rotatable bonds is 3. The highest BCUT2D eigenvalue weighted by Crippen LogP contribution is 2.16. The zero-order valence-corrected chi connectivity index (χ0v) is 11.2. The fourth-order valence-corrected chi connectivity index (χ4v) is 1.87. The largest absolute Gasteiger partial charge is 0.389 e. The number of aryl methyl sites for hydroxylation is 2. The van der Waals surface area contributed by atoms with Gasteiger partial charge in [-0.05, 0) is 31.5 Å². The molecule has 0 saturated carbocycles. The zero-order valence-electron chi connectivity index (χ0n) is 11.2. The smallest absolute Gasteiger partial charge is 0.259 e. The van der Waals surface area contributed by atoms with Crippen molar-refractivity contribution < 1.29 is 9.90 Å². The Balaban J connectivity index is 2.13.